The number of thiazole rings is 1. The van der Waals surface area contributed by atoms with E-state index in [0.717, 1.165) is 16.7 Å². The molecule has 0 bridgehead atoms. The first-order valence-electron chi connectivity index (χ1n) is 13.2. The van der Waals surface area contributed by atoms with Gasteiger partial charge in [0.1, 0.15) is 17.3 Å². The average Bonchev–Trinajstić information content (AvgIpc) is 3.61. The van der Waals surface area contributed by atoms with Crippen LogP contribution in [0, 0.1) is 0 Å². The van der Waals surface area contributed by atoms with Crippen LogP contribution < -0.4 is 19.6 Å². The smallest absolute Gasteiger partial charge is 0.338 e. The maximum Gasteiger partial charge on any atom is 0.338 e. The number of carbonyl (C=O) groups is 1. The largest absolute Gasteiger partial charge is 0.497 e. The van der Waals surface area contributed by atoms with E-state index in [-0.39, 0.29) is 17.7 Å². The first-order chi connectivity index (χ1) is 20.5. The topological polar surface area (TPSA) is 83.0 Å². The zero-order valence-corrected chi connectivity index (χ0v) is 24.3. The van der Waals surface area contributed by atoms with Crippen LogP contribution >= 0.6 is 22.9 Å². The Kier molecular flexibility index (Phi) is 7.65. The molecule has 0 spiro atoms. The van der Waals surface area contributed by atoms with Gasteiger partial charge in [-0.2, -0.15) is 0 Å². The number of methoxy groups -OCH3 is 1. The zero-order valence-electron chi connectivity index (χ0n) is 22.7. The predicted molar refractivity (Wildman–Crippen MR) is 163 cm³/mol. The third-order valence-electron chi connectivity index (χ3n) is 6.81. The van der Waals surface area contributed by atoms with E-state index >= 15 is 0 Å². The number of nitrogens with zero attached hydrogens (tertiary/aromatic N) is 2. The molecule has 7 nitrogen and oxygen atoms in total. The molecule has 0 aliphatic carbocycles. The lowest BCUT2D eigenvalue weighted by atomic mass is 9.93. The van der Waals surface area contributed by atoms with E-state index in [1.165, 1.54) is 11.3 Å². The van der Waals surface area contributed by atoms with Crippen LogP contribution in [0.25, 0.3) is 23.1 Å². The molecule has 5 aromatic rings. The maximum absolute atomic E-state index is 14.0. The molecule has 2 aromatic heterocycles. The highest BCUT2D eigenvalue weighted by Gasteiger charge is 2.35. The fraction of sp³-hybridized carbons (Fsp3) is 0.121. The summed E-state index contributed by atoms with van der Waals surface area (Å²) < 4.78 is 18.9. The Labute approximate surface area is 250 Å². The molecule has 0 radical (unpaired) electrons. The summed E-state index contributed by atoms with van der Waals surface area (Å²) in [6.45, 7) is 1.93. The van der Waals surface area contributed by atoms with Crippen molar-refractivity contribution in [3.05, 3.63) is 138 Å². The third kappa shape index (κ3) is 5.22. The number of hydrogen-bond donors (Lipinski definition) is 0. The van der Waals surface area contributed by atoms with Gasteiger partial charge in [-0.25, -0.2) is 9.79 Å². The SMILES string of the molecule is CCOC(=O)C1=C(c2ccccc2)N=c2s/c(=C\c3ccc(-c4cccc(Cl)c4)o3)c(=O)n2[C@@H]1c1ccc(OC)cc1. The van der Waals surface area contributed by atoms with Gasteiger partial charge >= 0.3 is 5.97 Å². The summed E-state index contributed by atoms with van der Waals surface area (Å²) in [6.07, 6.45) is 1.69. The van der Waals surface area contributed by atoms with Gasteiger partial charge in [-0.05, 0) is 48.9 Å². The molecule has 6 rings (SSSR count). The molecule has 3 aromatic carbocycles. The molecule has 0 amide bonds. The quantitative estimate of drug-likeness (QED) is 0.220. The predicted octanol–water partition coefficient (Wildman–Crippen LogP) is 5.86. The number of benzene rings is 3. The fourth-order valence-electron chi connectivity index (χ4n) is 4.90. The van der Waals surface area contributed by atoms with E-state index in [1.807, 2.05) is 66.7 Å². The van der Waals surface area contributed by atoms with E-state index in [1.54, 1.807) is 48.9 Å². The highest BCUT2D eigenvalue weighted by atomic mass is 35.5. The summed E-state index contributed by atoms with van der Waals surface area (Å²) >= 11 is 7.39. The number of rotatable bonds is 7. The van der Waals surface area contributed by atoms with Crippen LogP contribution in [0.2, 0.25) is 5.02 Å². The number of furan rings is 1. The van der Waals surface area contributed by atoms with Gasteiger partial charge in [-0.3, -0.25) is 9.36 Å². The van der Waals surface area contributed by atoms with Crippen molar-refractivity contribution in [2.75, 3.05) is 13.7 Å². The highest BCUT2D eigenvalue weighted by molar-refractivity contribution is 7.07. The van der Waals surface area contributed by atoms with Gasteiger partial charge in [0.05, 0.1) is 35.6 Å². The first kappa shape index (κ1) is 27.5. The molecule has 0 saturated carbocycles. The Hall–Kier alpha value is -4.66. The highest BCUT2D eigenvalue weighted by Crippen LogP contribution is 2.35. The number of aromatic nitrogens is 1. The number of hydrogen-bond acceptors (Lipinski definition) is 7. The minimum absolute atomic E-state index is 0.178. The molecule has 0 fully saturated rings. The van der Waals surface area contributed by atoms with Gasteiger partial charge in [0.25, 0.3) is 5.56 Å². The second-order valence-corrected chi connectivity index (χ2v) is 10.9. The van der Waals surface area contributed by atoms with Gasteiger partial charge in [-0.1, -0.05) is 77.5 Å². The van der Waals surface area contributed by atoms with Crippen LogP contribution in [0.5, 0.6) is 5.75 Å². The molecule has 0 unspecified atom stereocenters. The summed E-state index contributed by atoms with van der Waals surface area (Å²) in [5.74, 6) is 1.25. The minimum atomic E-state index is -0.776. The zero-order chi connectivity index (χ0) is 29.2. The molecule has 9 heteroatoms. The molecule has 1 aliphatic rings. The normalized spacial score (nSPS) is 14.8. The van der Waals surface area contributed by atoms with Crippen LogP contribution in [-0.4, -0.2) is 24.3 Å². The van der Waals surface area contributed by atoms with Crippen molar-refractivity contribution in [3.8, 4) is 17.1 Å². The van der Waals surface area contributed by atoms with E-state index in [9.17, 15) is 9.59 Å². The lowest BCUT2D eigenvalue weighted by molar-refractivity contribution is -0.138. The van der Waals surface area contributed by atoms with Crippen molar-refractivity contribution < 1.29 is 18.7 Å². The summed E-state index contributed by atoms with van der Waals surface area (Å²) in [6, 6.07) is 26.9. The molecule has 42 heavy (non-hydrogen) atoms. The lowest BCUT2D eigenvalue weighted by Gasteiger charge is -2.26. The minimum Gasteiger partial charge on any atom is -0.497 e. The van der Waals surface area contributed by atoms with Crippen molar-refractivity contribution >= 4 is 40.7 Å². The fourth-order valence-corrected chi connectivity index (χ4v) is 6.07. The monoisotopic (exact) mass is 596 g/mol. The van der Waals surface area contributed by atoms with Crippen molar-refractivity contribution in [2.45, 2.75) is 13.0 Å². The Morgan fingerprint density at radius 3 is 2.50 bits per heavy atom. The maximum atomic E-state index is 14.0. The first-order valence-corrected chi connectivity index (χ1v) is 14.4. The van der Waals surface area contributed by atoms with Gasteiger partial charge in [0, 0.05) is 22.2 Å². The Balaban J connectivity index is 1.56. The molecule has 0 N–H and O–H groups in total. The van der Waals surface area contributed by atoms with Crippen LogP contribution in [0.15, 0.2) is 111 Å². The molecule has 210 valence electrons. The number of esters is 1. The lowest BCUT2D eigenvalue weighted by Crippen LogP contribution is -2.40. The Bertz CT molecular complexity index is 1990. The van der Waals surface area contributed by atoms with Gasteiger partial charge in [0.2, 0.25) is 0 Å². The van der Waals surface area contributed by atoms with E-state index in [0.29, 0.717) is 37.3 Å². The second-order valence-electron chi connectivity index (χ2n) is 9.42. The van der Waals surface area contributed by atoms with Gasteiger partial charge in [0.15, 0.2) is 4.80 Å². The molecule has 1 atom stereocenters. The van der Waals surface area contributed by atoms with Crippen molar-refractivity contribution in [1.29, 1.82) is 0 Å². The van der Waals surface area contributed by atoms with E-state index in [4.69, 9.17) is 30.5 Å². The average molecular weight is 597 g/mol. The van der Waals surface area contributed by atoms with E-state index < -0.39 is 12.0 Å². The molecule has 0 saturated heterocycles. The Morgan fingerprint density at radius 2 is 1.79 bits per heavy atom. The number of ether oxygens (including phenoxy) is 2. The number of fused-ring (bicyclic) bond motifs is 1. The standard InChI is InChI=1S/C33H25ClN2O5S/c1-3-40-32(38)28-29(20-8-5-4-6-9-20)35-33-36(30(28)21-12-14-24(39-2)15-13-21)31(37)27(42-33)19-25-16-17-26(41-25)22-10-7-11-23(34)18-22/h4-19,30H,3H2,1-2H3/b27-19-/t30-/m1/s1. The Morgan fingerprint density at radius 1 is 1.02 bits per heavy atom. The van der Waals surface area contributed by atoms with Crippen molar-refractivity contribution in [2.24, 2.45) is 4.99 Å². The second kappa shape index (κ2) is 11.7. The van der Waals surface area contributed by atoms with Gasteiger partial charge < -0.3 is 13.9 Å². The molecule has 3 heterocycles. The van der Waals surface area contributed by atoms with Crippen LogP contribution in [0.1, 0.15) is 29.9 Å². The molecular formula is C33H25ClN2O5S. The summed E-state index contributed by atoms with van der Waals surface area (Å²) in [5.41, 5.74) is 2.74. The molecule has 1 aliphatic heterocycles. The van der Waals surface area contributed by atoms with Crippen molar-refractivity contribution in [3.63, 3.8) is 0 Å². The number of carbonyl (C=O) groups excluding carboxylic acids is 1. The van der Waals surface area contributed by atoms with Crippen LogP contribution in [0.4, 0.5) is 0 Å². The summed E-state index contributed by atoms with van der Waals surface area (Å²) in [4.78, 5) is 32.9. The van der Waals surface area contributed by atoms with E-state index in [2.05, 4.69) is 0 Å². The summed E-state index contributed by atoms with van der Waals surface area (Å²) in [5, 5.41) is 0.601. The number of halogens is 1. The third-order valence-corrected chi connectivity index (χ3v) is 8.03. The van der Waals surface area contributed by atoms with Crippen molar-refractivity contribution in [1.82, 2.24) is 4.57 Å². The summed E-state index contributed by atoms with van der Waals surface area (Å²) in [7, 11) is 1.59. The van der Waals surface area contributed by atoms with Crippen LogP contribution in [0.3, 0.4) is 0 Å². The molecular weight excluding hydrogens is 572 g/mol. The van der Waals surface area contributed by atoms with Gasteiger partial charge in [-0.15, -0.1) is 0 Å². The van der Waals surface area contributed by atoms with Crippen LogP contribution in [-0.2, 0) is 9.53 Å².